The van der Waals surface area contributed by atoms with Gasteiger partial charge < -0.3 is 9.64 Å². The molecule has 1 unspecified atom stereocenters. The van der Waals surface area contributed by atoms with Crippen LogP contribution in [-0.4, -0.2) is 21.2 Å². The van der Waals surface area contributed by atoms with Crippen molar-refractivity contribution in [3.05, 3.63) is 59.7 Å². The van der Waals surface area contributed by atoms with E-state index in [1.165, 1.54) is 0 Å². The van der Waals surface area contributed by atoms with Crippen molar-refractivity contribution in [3.8, 4) is 11.8 Å². The van der Waals surface area contributed by atoms with Gasteiger partial charge in [0.05, 0.1) is 13.2 Å². The fourth-order valence-corrected chi connectivity index (χ4v) is 2.17. The topological polar surface area (TPSA) is 48.3 Å². The van der Waals surface area contributed by atoms with Crippen LogP contribution in [0.4, 0.5) is 5.69 Å². The molecule has 0 saturated carbocycles. The Balaban J connectivity index is 2.01. The molecule has 22 heavy (non-hydrogen) atoms. The standard InChI is InChI=1S/C18H21N3O/c1-21(2)16-8-6-15(7-9-16)18(12-19)20-13-14-4-10-17(22-3)11-5-14/h4-11,18,20H,13H2,1-3H3. The van der Waals surface area contributed by atoms with Gasteiger partial charge >= 0.3 is 0 Å². The summed E-state index contributed by atoms with van der Waals surface area (Å²) >= 11 is 0. The number of nitrogens with zero attached hydrogens (tertiary/aromatic N) is 2. The number of benzene rings is 2. The van der Waals surface area contributed by atoms with Crippen molar-refractivity contribution < 1.29 is 4.74 Å². The van der Waals surface area contributed by atoms with Crippen LogP contribution in [-0.2, 0) is 6.54 Å². The molecule has 0 fully saturated rings. The minimum absolute atomic E-state index is 0.321. The van der Waals surface area contributed by atoms with E-state index >= 15 is 0 Å². The highest BCUT2D eigenvalue weighted by atomic mass is 16.5. The summed E-state index contributed by atoms with van der Waals surface area (Å²) in [6, 6.07) is 17.8. The van der Waals surface area contributed by atoms with Crippen molar-refractivity contribution in [2.45, 2.75) is 12.6 Å². The van der Waals surface area contributed by atoms with E-state index in [2.05, 4.69) is 11.4 Å². The van der Waals surface area contributed by atoms with Crippen LogP contribution in [0.3, 0.4) is 0 Å². The van der Waals surface area contributed by atoms with Crippen molar-refractivity contribution in [2.75, 3.05) is 26.1 Å². The zero-order chi connectivity index (χ0) is 15.9. The number of anilines is 1. The molecule has 0 amide bonds. The summed E-state index contributed by atoms with van der Waals surface area (Å²) in [5.74, 6) is 0.833. The monoisotopic (exact) mass is 295 g/mol. The Bertz CT molecular complexity index is 627. The van der Waals surface area contributed by atoms with E-state index in [9.17, 15) is 5.26 Å². The third kappa shape index (κ3) is 4.00. The van der Waals surface area contributed by atoms with Gasteiger partial charge in [-0.1, -0.05) is 24.3 Å². The first-order valence-corrected chi connectivity index (χ1v) is 7.17. The van der Waals surface area contributed by atoms with E-state index in [0.29, 0.717) is 6.54 Å². The van der Waals surface area contributed by atoms with Crippen LogP contribution in [0.1, 0.15) is 17.2 Å². The molecule has 1 N–H and O–H groups in total. The molecule has 4 nitrogen and oxygen atoms in total. The minimum Gasteiger partial charge on any atom is -0.497 e. The Labute approximate surface area is 131 Å². The van der Waals surface area contributed by atoms with Gasteiger partial charge in [-0.15, -0.1) is 0 Å². The molecule has 0 aliphatic rings. The van der Waals surface area contributed by atoms with E-state index in [1.54, 1.807) is 7.11 Å². The van der Waals surface area contributed by atoms with Gasteiger partial charge in [0.25, 0.3) is 0 Å². The Morgan fingerprint density at radius 2 is 1.73 bits per heavy atom. The van der Waals surface area contributed by atoms with Crippen LogP contribution in [0.5, 0.6) is 5.75 Å². The van der Waals surface area contributed by atoms with Crippen molar-refractivity contribution in [1.29, 1.82) is 5.26 Å². The second-order valence-corrected chi connectivity index (χ2v) is 5.28. The Morgan fingerprint density at radius 1 is 1.09 bits per heavy atom. The summed E-state index contributed by atoms with van der Waals surface area (Å²) in [5.41, 5.74) is 3.21. The highest BCUT2D eigenvalue weighted by Gasteiger charge is 2.10. The third-order valence-corrected chi connectivity index (χ3v) is 3.54. The second-order valence-electron chi connectivity index (χ2n) is 5.28. The van der Waals surface area contributed by atoms with Gasteiger partial charge in [-0.2, -0.15) is 5.26 Å². The van der Waals surface area contributed by atoms with E-state index in [4.69, 9.17) is 4.74 Å². The lowest BCUT2D eigenvalue weighted by atomic mass is 10.1. The summed E-state index contributed by atoms with van der Waals surface area (Å²) in [4.78, 5) is 2.04. The lowest BCUT2D eigenvalue weighted by Gasteiger charge is -2.15. The summed E-state index contributed by atoms with van der Waals surface area (Å²) < 4.78 is 5.14. The zero-order valence-corrected chi connectivity index (χ0v) is 13.2. The number of methoxy groups -OCH3 is 1. The fourth-order valence-electron chi connectivity index (χ4n) is 2.17. The average molecular weight is 295 g/mol. The molecule has 4 heteroatoms. The van der Waals surface area contributed by atoms with Crippen LogP contribution in [0.2, 0.25) is 0 Å². The molecule has 0 aromatic heterocycles. The molecule has 0 aliphatic carbocycles. The largest absolute Gasteiger partial charge is 0.497 e. The van der Waals surface area contributed by atoms with Gasteiger partial charge in [-0.05, 0) is 35.4 Å². The smallest absolute Gasteiger partial charge is 0.121 e. The molecular formula is C18H21N3O. The summed E-state index contributed by atoms with van der Waals surface area (Å²) in [7, 11) is 5.65. The Morgan fingerprint density at radius 3 is 2.23 bits per heavy atom. The number of nitriles is 1. The van der Waals surface area contributed by atoms with Crippen LogP contribution < -0.4 is 15.0 Å². The van der Waals surface area contributed by atoms with Gasteiger partial charge in [-0.3, -0.25) is 5.32 Å². The van der Waals surface area contributed by atoms with Crippen molar-refractivity contribution >= 4 is 5.69 Å². The molecule has 0 spiro atoms. The molecule has 114 valence electrons. The van der Waals surface area contributed by atoms with Gasteiger partial charge in [-0.25, -0.2) is 0 Å². The van der Waals surface area contributed by atoms with Gasteiger partial charge in [0.15, 0.2) is 0 Å². The molecule has 0 saturated heterocycles. The molecule has 0 aliphatic heterocycles. The highest BCUT2D eigenvalue weighted by molar-refractivity contribution is 5.47. The summed E-state index contributed by atoms with van der Waals surface area (Å²) in [5, 5.41) is 12.6. The lowest BCUT2D eigenvalue weighted by Crippen LogP contribution is -2.19. The van der Waals surface area contributed by atoms with E-state index in [0.717, 1.165) is 22.6 Å². The van der Waals surface area contributed by atoms with Crippen molar-refractivity contribution in [1.82, 2.24) is 5.32 Å². The zero-order valence-electron chi connectivity index (χ0n) is 13.2. The second kappa shape index (κ2) is 7.48. The molecule has 0 radical (unpaired) electrons. The average Bonchev–Trinajstić information content (AvgIpc) is 2.56. The van der Waals surface area contributed by atoms with Crippen molar-refractivity contribution in [2.24, 2.45) is 0 Å². The van der Waals surface area contributed by atoms with Crippen LogP contribution in [0, 0.1) is 11.3 Å². The van der Waals surface area contributed by atoms with Crippen molar-refractivity contribution in [3.63, 3.8) is 0 Å². The normalized spacial score (nSPS) is 11.5. The number of hydrogen-bond donors (Lipinski definition) is 1. The molecule has 0 heterocycles. The first kappa shape index (κ1) is 15.9. The first-order valence-electron chi connectivity index (χ1n) is 7.17. The quantitative estimate of drug-likeness (QED) is 0.889. The van der Waals surface area contributed by atoms with Crippen LogP contribution in [0.25, 0.3) is 0 Å². The predicted octanol–water partition coefficient (Wildman–Crippen LogP) is 3.12. The maximum Gasteiger partial charge on any atom is 0.121 e. The highest BCUT2D eigenvalue weighted by Crippen LogP contribution is 2.18. The number of hydrogen-bond acceptors (Lipinski definition) is 4. The van der Waals surface area contributed by atoms with Gasteiger partial charge in [0.1, 0.15) is 11.8 Å². The number of ether oxygens (including phenoxy) is 1. The maximum atomic E-state index is 9.38. The Hall–Kier alpha value is -2.51. The van der Waals surface area contributed by atoms with Gasteiger partial charge in [0.2, 0.25) is 0 Å². The fraction of sp³-hybridized carbons (Fsp3) is 0.278. The molecular weight excluding hydrogens is 274 g/mol. The summed E-state index contributed by atoms with van der Waals surface area (Å²) in [6.45, 7) is 0.637. The van der Waals surface area contributed by atoms with Crippen LogP contribution in [0.15, 0.2) is 48.5 Å². The molecule has 2 aromatic rings. The number of rotatable bonds is 6. The number of nitrogens with one attached hydrogen (secondary N) is 1. The SMILES string of the molecule is COc1ccc(CNC(C#N)c2ccc(N(C)C)cc2)cc1. The van der Waals surface area contributed by atoms with E-state index in [-0.39, 0.29) is 6.04 Å². The molecule has 0 bridgehead atoms. The van der Waals surface area contributed by atoms with Crippen LogP contribution >= 0.6 is 0 Å². The molecule has 2 aromatic carbocycles. The summed E-state index contributed by atoms with van der Waals surface area (Å²) in [6.07, 6.45) is 0. The van der Waals surface area contributed by atoms with E-state index < -0.39 is 0 Å². The minimum atomic E-state index is -0.321. The Kier molecular flexibility index (Phi) is 5.40. The lowest BCUT2D eigenvalue weighted by molar-refractivity contribution is 0.414. The first-order chi connectivity index (χ1) is 10.6. The molecule has 2 rings (SSSR count). The predicted molar refractivity (Wildman–Crippen MR) is 89.0 cm³/mol. The van der Waals surface area contributed by atoms with E-state index in [1.807, 2.05) is 67.5 Å². The molecule has 1 atom stereocenters. The maximum absolute atomic E-state index is 9.38. The van der Waals surface area contributed by atoms with Gasteiger partial charge in [0, 0.05) is 26.3 Å². The third-order valence-electron chi connectivity index (χ3n) is 3.54.